The molecule has 0 saturated carbocycles. The van der Waals surface area contributed by atoms with E-state index in [2.05, 4.69) is 74.6 Å². The maximum atomic E-state index is 12.7. The van der Waals surface area contributed by atoms with Gasteiger partial charge in [-0.15, -0.1) is 0 Å². The van der Waals surface area contributed by atoms with Gasteiger partial charge in [-0.25, -0.2) is 0 Å². The van der Waals surface area contributed by atoms with Gasteiger partial charge in [0.1, 0.15) is 19.8 Å². The van der Waals surface area contributed by atoms with Crippen LogP contribution in [0.3, 0.4) is 0 Å². The molecule has 1 aliphatic rings. The van der Waals surface area contributed by atoms with Crippen molar-refractivity contribution in [3.8, 4) is 0 Å². The molecule has 0 aromatic rings. The number of phosphoric ester groups is 1. The van der Waals surface area contributed by atoms with Crippen molar-refractivity contribution in [2.45, 2.75) is 173 Å². The Morgan fingerprint density at radius 2 is 1.17 bits per heavy atom. The smallest absolute Gasteiger partial charge is 0.306 e. The van der Waals surface area contributed by atoms with Crippen LogP contribution in [0.25, 0.3) is 0 Å². The number of allylic oxidation sites excluding steroid dienone is 11. The molecule has 10 nitrogen and oxygen atoms in total. The molecular formula is C48H82NO9P. The molecule has 0 amide bonds. The predicted molar refractivity (Wildman–Crippen MR) is 240 cm³/mol. The quantitative estimate of drug-likeness (QED) is 0.0148. The molecule has 4 atom stereocenters. The van der Waals surface area contributed by atoms with E-state index in [0.717, 1.165) is 70.6 Å². The first kappa shape index (κ1) is 54.4. The first-order chi connectivity index (χ1) is 28.5. The van der Waals surface area contributed by atoms with Crippen LogP contribution < -0.4 is 4.89 Å². The van der Waals surface area contributed by atoms with Crippen molar-refractivity contribution < 1.29 is 46.8 Å². The molecule has 1 aliphatic heterocycles. The van der Waals surface area contributed by atoms with Crippen LogP contribution in [-0.2, 0) is 37.4 Å². The third kappa shape index (κ3) is 36.9. The Morgan fingerprint density at radius 3 is 1.76 bits per heavy atom. The summed E-state index contributed by atoms with van der Waals surface area (Å²) >= 11 is 0. The van der Waals surface area contributed by atoms with Gasteiger partial charge in [0.15, 0.2) is 6.10 Å². The number of ether oxygens (including phenoxy) is 3. The highest BCUT2D eigenvalue weighted by atomic mass is 31.2. The summed E-state index contributed by atoms with van der Waals surface area (Å²) in [5.74, 6) is -0.960. The average Bonchev–Trinajstić information content (AvgIpc) is 3.94. The molecule has 0 radical (unpaired) electrons. The van der Waals surface area contributed by atoms with E-state index in [1.807, 2.05) is 33.3 Å². The third-order valence-electron chi connectivity index (χ3n) is 9.64. The number of unbranched alkanes of at least 4 members (excludes halogenated alkanes) is 10. The molecule has 1 heterocycles. The van der Waals surface area contributed by atoms with Gasteiger partial charge in [0, 0.05) is 12.8 Å². The molecule has 11 heteroatoms. The average molecular weight is 848 g/mol. The summed E-state index contributed by atoms with van der Waals surface area (Å²) in [4.78, 5) is 37.6. The van der Waals surface area contributed by atoms with Crippen molar-refractivity contribution in [3.63, 3.8) is 0 Å². The summed E-state index contributed by atoms with van der Waals surface area (Å²) in [6, 6.07) is 0. The number of quaternary nitrogens is 1. The summed E-state index contributed by atoms with van der Waals surface area (Å²) in [6.45, 7) is 4.04. The van der Waals surface area contributed by atoms with Gasteiger partial charge in [-0.3, -0.25) is 14.2 Å². The Labute approximate surface area is 359 Å². The van der Waals surface area contributed by atoms with Gasteiger partial charge in [0.05, 0.1) is 40.0 Å². The molecule has 1 fully saturated rings. The van der Waals surface area contributed by atoms with Crippen molar-refractivity contribution in [1.82, 2.24) is 0 Å². The van der Waals surface area contributed by atoms with Crippen molar-refractivity contribution in [2.24, 2.45) is 0 Å². The minimum Gasteiger partial charge on any atom is -0.756 e. The zero-order chi connectivity index (χ0) is 43.3. The van der Waals surface area contributed by atoms with E-state index in [1.165, 1.54) is 44.9 Å². The fourth-order valence-corrected chi connectivity index (χ4v) is 6.66. The number of hydrogen-bond acceptors (Lipinski definition) is 9. The number of carbonyl (C=O) groups is 2. The van der Waals surface area contributed by atoms with Crippen LogP contribution >= 0.6 is 7.82 Å². The van der Waals surface area contributed by atoms with E-state index < -0.39 is 32.5 Å². The minimum atomic E-state index is -4.66. The minimum absolute atomic E-state index is 0.0511. The van der Waals surface area contributed by atoms with Gasteiger partial charge in [-0.2, -0.15) is 0 Å². The lowest BCUT2D eigenvalue weighted by molar-refractivity contribution is -0.870. The number of likely N-dealkylation sites (N-methyl/N-ethyl adjacent to an activating group) is 1. The summed E-state index contributed by atoms with van der Waals surface area (Å²) in [5, 5.41) is 0. The van der Waals surface area contributed by atoms with Gasteiger partial charge in [-0.1, -0.05) is 138 Å². The molecule has 0 aromatic carbocycles. The second kappa shape index (κ2) is 36.1. The summed E-state index contributed by atoms with van der Waals surface area (Å²) in [7, 11) is 1.10. The van der Waals surface area contributed by atoms with Crippen molar-refractivity contribution in [3.05, 3.63) is 72.9 Å². The topological polar surface area (TPSA) is 124 Å². The normalized spacial score (nSPS) is 17.7. The highest BCUT2D eigenvalue weighted by Crippen LogP contribution is 2.38. The SMILES string of the molecule is CCCCC/C=C\C/C=C\C/C=C\C/C=C\C/C=C\CCC(=O)OC[C@H](COP(=O)([O-])OCC[N+](C)(C)C)OC(=O)CCCCCCCC1OC1C/C=C\CCCCC. The van der Waals surface area contributed by atoms with Crippen LogP contribution in [0.5, 0.6) is 0 Å². The summed E-state index contributed by atoms with van der Waals surface area (Å²) < 4.78 is 39.6. The fourth-order valence-electron chi connectivity index (χ4n) is 5.94. The van der Waals surface area contributed by atoms with E-state index in [0.29, 0.717) is 36.1 Å². The van der Waals surface area contributed by atoms with Crippen LogP contribution in [-0.4, -0.2) is 82.2 Å². The van der Waals surface area contributed by atoms with Gasteiger partial charge in [0.25, 0.3) is 7.82 Å². The standard InChI is InChI=1S/C48H82NO9P/c1-6-8-10-12-14-15-16-17-18-19-20-21-22-23-24-25-26-30-34-38-47(50)54-42-44(43-56-59(52,53)55-41-40-49(3,4)5)57-48(51)39-35-31-27-29-33-37-46-45(58-46)36-32-28-13-11-9-7-2/h14-15,17-18,20-21,23-24,26,28,30,32,44-46H,6-13,16,19,22,25,27,29,31,33-43H2,1-5H3/b15-14-,18-17-,21-20-,24-23-,30-26-,32-28-/t44-,45?,46?/m1/s1. The molecule has 0 spiro atoms. The van der Waals surface area contributed by atoms with Crippen LogP contribution in [0.15, 0.2) is 72.9 Å². The zero-order valence-electron chi connectivity index (χ0n) is 37.6. The van der Waals surface area contributed by atoms with Crippen LogP contribution in [0.1, 0.15) is 155 Å². The summed E-state index contributed by atoms with van der Waals surface area (Å²) in [5.41, 5.74) is 0. The number of hydrogen-bond donors (Lipinski definition) is 0. The fraction of sp³-hybridized carbons (Fsp3) is 0.708. The van der Waals surface area contributed by atoms with Crippen LogP contribution in [0.4, 0.5) is 0 Å². The summed E-state index contributed by atoms with van der Waals surface area (Å²) in [6.07, 6.45) is 46.7. The molecule has 0 aromatic heterocycles. The maximum absolute atomic E-state index is 12.7. The van der Waals surface area contributed by atoms with Crippen LogP contribution in [0.2, 0.25) is 0 Å². The highest BCUT2D eigenvalue weighted by molar-refractivity contribution is 7.45. The molecule has 1 saturated heterocycles. The number of epoxide rings is 1. The van der Waals surface area contributed by atoms with Crippen LogP contribution in [0, 0.1) is 0 Å². The van der Waals surface area contributed by atoms with Crippen molar-refractivity contribution in [1.29, 1.82) is 0 Å². The lowest BCUT2D eigenvalue weighted by Gasteiger charge is -2.28. The maximum Gasteiger partial charge on any atom is 0.306 e. The Morgan fingerprint density at radius 1 is 0.627 bits per heavy atom. The molecule has 3 unspecified atom stereocenters. The number of phosphoric acid groups is 1. The number of rotatable bonds is 39. The first-order valence-corrected chi connectivity index (χ1v) is 24.2. The Hall–Kier alpha value is -2.59. The zero-order valence-corrected chi connectivity index (χ0v) is 38.5. The largest absolute Gasteiger partial charge is 0.756 e. The van der Waals surface area contributed by atoms with Gasteiger partial charge < -0.3 is 32.6 Å². The second-order valence-electron chi connectivity index (χ2n) is 16.4. The van der Waals surface area contributed by atoms with E-state index in [9.17, 15) is 19.0 Å². The third-order valence-corrected chi connectivity index (χ3v) is 10.6. The Bertz CT molecular complexity index is 1300. The predicted octanol–water partition coefficient (Wildman–Crippen LogP) is 11.4. The van der Waals surface area contributed by atoms with Gasteiger partial charge in [0.2, 0.25) is 0 Å². The molecule has 59 heavy (non-hydrogen) atoms. The highest BCUT2D eigenvalue weighted by Gasteiger charge is 2.36. The molecule has 338 valence electrons. The van der Waals surface area contributed by atoms with Gasteiger partial charge >= 0.3 is 11.9 Å². The van der Waals surface area contributed by atoms with Crippen molar-refractivity contribution >= 4 is 19.8 Å². The first-order valence-electron chi connectivity index (χ1n) is 22.8. The molecule has 0 aliphatic carbocycles. The van der Waals surface area contributed by atoms with E-state index >= 15 is 0 Å². The second-order valence-corrected chi connectivity index (χ2v) is 17.9. The number of esters is 2. The lowest BCUT2D eigenvalue weighted by atomic mass is 10.1. The monoisotopic (exact) mass is 848 g/mol. The molecule has 1 rings (SSSR count). The van der Waals surface area contributed by atoms with E-state index in [-0.39, 0.29) is 26.1 Å². The number of nitrogens with zero attached hydrogens (tertiary/aromatic N) is 1. The van der Waals surface area contributed by atoms with E-state index in [1.54, 1.807) is 0 Å². The molecule has 0 bridgehead atoms. The molecule has 0 N–H and O–H groups in total. The van der Waals surface area contributed by atoms with E-state index in [4.69, 9.17) is 23.3 Å². The number of carbonyl (C=O) groups excluding carboxylic acids is 2. The molecular weight excluding hydrogens is 765 g/mol. The Kier molecular flexibility index (Phi) is 33.3. The van der Waals surface area contributed by atoms with Crippen molar-refractivity contribution in [2.75, 3.05) is 47.5 Å². The Balaban J connectivity index is 2.34. The lowest BCUT2D eigenvalue weighted by Crippen LogP contribution is -2.37. The van der Waals surface area contributed by atoms with Gasteiger partial charge in [-0.05, 0) is 77.0 Å².